The molecule has 0 N–H and O–H groups in total. The number of hydrogen-bond acceptors (Lipinski definition) is 3. The second kappa shape index (κ2) is 9.17. The monoisotopic (exact) mass is 231 g/mol. The number of rotatable bonds is 3. The van der Waals surface area contributed by atoms with Crippen LogP contribution in [0.3, 0.4) is 0 Å². The summed E-state index contributed by atoms with van der Waals surface area (Å²) in [5.41, 5.74) is 2.74. The molecule has 1 rings (SSSR count). The molecule has 0 saturated carbocycles. The van der Waals surface area contributed by atoms with Gasteiger partial charge in [-0.15, -0.1) is 0 Å². The van der Waals surface area contributed by atoms with Crippen molar-refractivity contribution in [3.63, 3.8) is 0 Å². The smallest absolute Gasteiger partial charge is 0.330 e. The van der Waals surface area contributed by atoms with E-state index in [9.17, 15) is 4.79 Å². The SMILES string of the molecule is C=CC(=O)OCCC#N.Cc1ccccc1C. The molecule has 3 heteroatoms. The summed E-state index contributed by atoms with van der Waals surface area (Å²) in [4.78, 5) is 10.2. The van der Waals surface area contributed by atoms with E-state index in [-0.39, 0.29) is 13.0 Å². The summed E-state index contributed by atoms with van der Waals surface area (Å²) in [5, 5.41) is 7.98. The fraction of sp³-hybridized carbons (Fsp3) is 0.286. The Hall–Kier alpha value is -2.08. The molecule has 0 radical (unpaired) electrons. The van der Waals surface area contributed by atoms with Gasteiger partial charge in [-0.05, 0) is 25.0 Å². The zero-order valence-electron chi connectivity index (χ0n) is 10.3. The zero-order valence-corrected chi connectivity index (χ0v) is 10.3. The van der Waals surface area contributed by atoms with Crippen LogP contribution in [0.4, 0.5) is 0 Å². The van der Waals surface area contributed by atoms with E-state index in [1.807, 2.05) is 6.07 Å². The first-order valence-electron chi connectivity index (χ1n) is 5.30. The van der Waals surface area contributed by atoms with Crippen LogP contribution in [0.25, 0.3) is 0 Å². The molecule has 0 atom stereocenters. The van der Waals surface area contributed by atoms with Crippen LogP contribution in [-0.4, -0.2) is 12.6 Å². The van der Waals surface area contributed by atoms with Crippen molar-refractivity contribution in [3.8, 4) is 6.07 Å². The largest absolute Gasteiger partial charge is 0.461 e. The molecule has 0 aliphatic heterocycles. The molecule has 0 heterocycles. The number of hydrogen-bond donors (Lipinski definition) is 0. The summed E-state index contributed by atoms with van der Waals surface area (Å²) in [6.07, 6.45) is 1.30. The van der Waals surface area contributed by atoms with Gasteiger partial charge in [-0.1, -0.05) is 30.8 Å². The number of nitriles is 1. The first-order chi connectivity index (χ1) is 8.11. The number of benzene rings is 1. The zero-order chi connectivity index (χ0) is 13.1. The van der Waals surface area contributed by atoms with Gasteiger partial charge in [-0.3, -0.25) is 0 Å². The van der Waals surface area contributed by atoms with E-state index >= 15 is 0 Å². The van der Waals surface area contributed by atoms with Crippen molar-refractivity contribution < 1.29 is 9.53 Å². The lowest BCUT2D eigenvalue weighted by Crippen LogP contribution is -2.00. The van der Waals surface area contributed by atoms with Crippen molar-refractivity contribution in [2.45, 2.75) is 20.3 Å². The standard InChI is InChI=1S/C8H10.C6H7NO2/c1-7-5-3-4-6-8(7)2;1-2-6(8)9-5-3-4-7/h3-6H,1-2H3;2H,1,3,5H2. The molecule has 3 nitrogen and oxygen atoms in total. The average molecular weight is 231 g/mol. The molecule has 0 aromatic heterocycles. The lowest BCUT2D eigenvalue weighted by atomic mass is 10.1. The first kappa shape index (κ1) is 14.9. The summed E-state index contributed by atoms with van der Waals surface area (Å²) in [5.74, 6) is -0.481. The Balaban J connectivity index is 0.000000302. The molecule has 0 saturated heterocycles. The molecule has 17 heavy (non-hydrogen) atoms. The van der Waals surface area contributed by atoms with Gasteiger partial charge in [0.15, 0.2) is 0 Å². The minimum atomic E-state index is -0.481. The molecule has 0 amide bonds. The van der Waals surface area contributed by atoms with Gasteiger partial charge in [0.2, 0.25) is 0 Å². The van der Waals surface area contributed by atoms with Crippen LogP contribution in [0.2, 0.25) is 0 Å². The molecular weight excluding hydrogens is 214 g/mol. The molecular formula is C14H17NO2. The lowest BCUT2D eigenvalue weighted by Gasteiger charge is -1.93. The Labute approximate surface area is 102 Å². The second-order valence-electron chi connectivity index (χ2n) is 3.36. The van der Waals surface area contributed by atoms with Gasteiger partial charge in [-0.25, -0.2) is 4.79 Å². The molecule has 0 spiro atoms. The van der Waals surface area contributed by atoms with Gasteiger partial charge in [-0.2, -0.15) is 5.26 Å². The summed E-state index contributed by atoms with van der Waals surface area (Å²) in [6.45, 7) is 7.58. The first-order valence-corrected chi connectivity index (χ1v) is 5.30. The molecule has 0 aliphatic carbocycles. The minimum absolute atomic E-state index is 0.154. The van der Waals surface area contributed by atoms with Gasteiger partial charge in [0, 0.05) is 6.08 Å². The van der Waals surface area contributed by atoms with Gasteiger partial charge in [0.25, 0.3) is 0 Å². The number of ether oxygens (including phenoxy) is 1. The summed E-state index contributed by atoms with van der Waals surface area (Å²) >= 11 is 0. The number of esters is 1. The third-order valence-corrected chi connectivity index (χ3v) is 2.05. The highest BCUT2D eigenvalue weighted by atomic mass is 16.5. The maximum Gasteiger partial charge on any atom is 0.330 e. The predicted octanol–water partition coefficient (Wildman–Crippen LogP) is 2.93. The predicted molar refractivity (Wildman–Crippen MR) is 67.3 cm³/mol. The molecule has 0 unspecified atom stereocenters. The third-order valence-electron chi connectivity index (χ3n) is 2.05. The van der Waals surface area contributed by atoms with E-state index in [2.05, 4.69) is 49.4 Å². The highest BCUT2D eigenvalue weighted by Crippen LogP contribution is 2.02. The fourth-order valence-electron chi connectivity index (χ4n) is 0.919. The van der Waals surface area contributed by atoms with E-state index in [4.69, 9.17) is 5.26 Å². The summed E-state index contributed by atoms with van der Waals surface area (Å²) < 4.78 is 4.45. The Bertz CT molecular complexity index is 384. The lowest BCUT2D eigenvalue weighted by molar-refractivity contribution is -0.137. The van der Waals surface area contributed by atoms with E-state index in [0.29, 0.717) is 0 Å². The van der Waals surface area contributed by atoms with Crippen molar-refractivity contribution in [3.05, 3.63) is 48.0 Å². The van der Waals surface area contributed by atoms with Crippen LogP contribution in [0.15, 0.2) is 36.9 Å². The van der Waals surface area contributed by atoms with Crippen molar-refractivity contribution in [1.29, 1.82) is 5.26 Å². The van der Waals surface area contributed by atoms with Crippen LogP contribution in [-0.2, 0) is 9.53 Å². The van der Waals surface area contributed by atoms with Crippen molar-refractivity contribution in [2.24, 2.45) is 0 Å². The molecule has 0 fully saturated rings. The van der Waals surface area contributed by atoms with Gasteiger partial charge in [0.05, 0.1) is 12.5 Å². The second-order valence-corrected chi connectivity index (χ2v) is 3.36. The summed E-state index contributed by atoms with van der Waals surface area (Å²) in [6, 6.07) is 10.2. The molecule has 1 aromatic carbocycles. The van der Waals surface area contributed by atoms with Crippen molar-refractivity contribution >= 4 is 5.97 Å². The van der Waals surface area contributed by atoms with E-state index < -0.39 is 5.97 Å². The molecule has 90 valence electrons. The Morgan fingerprint density at radius 2 is 1.94 bits per heavy atom. The van der Waals surface area contributed by atoms with Crippen LogP contribution < -0.4 is 0 Å². The molecule has 0 bridgehead atoms. The highest BCUT2D eigenvalue weighted by Gasteiger charge is 1.91. The normalized spacial score (nSPS) is 8.29. The number of carbonyl (C=O) groups excluding carboxylic acids is 1. The molecule has 1 aromatic rings. The third kappa shape index (κ3) is 7.80. The van der Waals surface area contributed by atoms with Crippen LogP contribution in [0.5, 0.6) is 0 Å². The minimum Gasteiger partial charge on any atom is -0.461 e. The van der Waals surface area contributed by atoms with Gasteiger partial charge >= 0.3 is 5.97 Å². The number of carbonyl (C=O) groups is 1. The quantitative estimate of drug-likeness (QED) is 0.456. The Morgan fingerprint density at radius 1 is 1.41 bits per heavy atom. The maximum atomic E-state index is 10.2. The van der Waals surface area contributed by atoms with Crippen LogP contribution in [0.1, 0.15) is 17.5 Å². The number of nitrogens with zero attached hydrogens (tertiary/aromatic N) is 1. The van der Waals surface area contributed by atoms with E-state index in [1.54, 1.807) is 0 Å². The van der Waals surface area contributed by atoms with Crippen molar-refractivity contribution in [2.75, 3.05) is 6.61 Å². The van der Waals surface area contributed by atoms with Gasteiger partial charge < -0.3 is 4.74 Å². The van der Waals surface area contributed by atoms with Gasteiger partial charge in [0.1, 0.15) is 6.61 Å². The van der Waals surface area contributed by atoms with E-state index in [1.165, 1.54) is 11.1 Å². The maximum absolute atomic E-state index is 10.2. The highest BCUT2D eigenvalue weighted by molar-refractivity contribution is 5.81. The molecule has 0 aliphatic rings. The van der Waals surface area contributed by atoms with Crippen LogP contribution in [0, 0.1) is 25.2 Å². The van der Waals surface area contributed by atoms with E-state index in [0.717, 1.165) is 6.08 Å². The summed E-state index contributed by atoms with van der Waals surface area (Å²) in [7, 11) is 0. The number of aryl methyl sites for hydroxylation is 2. The average Bonchev–Trinajstić information content (AvgIpc) is 2.34. The Morgan fingerprint density at radius 3 is 2.29 bits per heavy atom. The Kier molecular flexibility index (Phi) is 8.05. The topological polar surface area (TPSA) is 50.1 Å². The van der Waals surface area contributed by atoms with Crippen molar-refractivity contribution in [1.82, 2.24) is 0 Å². The van der Waals surface area contributed by atoms with Crippen LogP contribution >= 0.6 is 0 Å². The fourth-order valence-corrected chi connectivity index (χ4v) is 0.919.